The van der Waals surface area contributed by atoms with Gasteiger partial charge in [-0.05, 0) is 48.2 Å². The maximum absolute atomic E-state index is 13.0. The number of nitrogens with zero attached hydrogens (tertiary/aromatic N) is 4. The molecule has 1 aliphatic heterocycles. The van der Waals surface area contributed by atoms with Gasteiger partial charge in [0.05, 0.1) is 17.7 Å². The summed E-state index contributed by atoms with van der Waals surface area (Å²) in [5, 5.41) is 21.3. The van der Waals surface area contributed by atoms with Crippen LogP contribution in [-0.2, 0) is 13.1 Å². The lowest BCUT2D eigenvalue weighted by Crippen LogP contribution is -2.26. The molecule has 176 valence electrons. The van der Waals surface area contributed by atoms with Gasteiger partial charge in [0.25, 0.3) is 11.8 Å². The minimum atomic E-state index is -0.510. The first-order chi connectivity index (χ1) is 17.6. The second kappa shape index (κ2) is 8.46. The zero-order chi connectivity index (χ0) is 24.8. The Morgan fingerprint density at radius 3 is 2.44 bits per heavy atom. The smallest absolute Gasteiger partial charge is 0.295 e. The Kier molecular flexibility index (Phi) is 5.11. The molecule has 0 fully saturated rings. The van der Waals surface area contributed by atoms with Crippen LogP contribution in [-0.4, -0.2) is 21.5 Å². The Morgan fingerprint density at radius 1 is 0.917 bits per heavy atom. The van der Waals surface area contributed by atoms with Gasteiger partial charge in [0.15, 0.2) is 5.69 Å². The van der Waals surface area contributed by atoms with Gasteiger partial charge in [0.1, 0.15) is 0 Å². The summed E-state index contributed by atoms with van der Waals surface area (Å²) in [6.45, 7) is 2.89. The van der Waals surface area contributed by atoms with Gasteiger partial charge in [0.2, 0.25) is 5.88 Å². The molecule has 5 aromatic rings. The van der Waals surface area contributed by atoms with Crippen molar-refractivity contribution in [2.24, 2.45) is 10.2 Å². The molecule has 2 amide bonds. The largest absolute Gasteiger partial charge is 0.493 e. The second-order valence-electron chi connectivity index (χ2n) is 8.71. The molecule has 0 bridgehead atoms. The van der Waals surface area contributed by atoms with Crippen molar-refractivity contribution in [3.8, 4) is 5.88 Å². The molecule has 36 heavy (non-hydrogen) atoms. The van der Waals surface area contributed by atoms with Crippen LogP contribution in [0, 0.1) is 0 Å². The number of hydrogen-bond acceptors (Lipinski definition) is 4. The lowest BCUT2D eigenvalue weighted by Gasteiger charge is -2.18. The highest BCUT2D eigenvalue weighted by atomic mass is 16.3. The van der Waals surface area contributed by atoms with E-state index in [1.54, 1.807) is 21.6 Å². The maximum atomic E-state index is 13.0. The summed E-state index contributed by atoms with van der Waals surface area (Å²) in [5.74, 6) is -0.553. The molecule has 6 rings (SSSR count). The zero-order valence-corrected chi connectivity index (χ0v) is 19.5. The summed E-state index contributed by atoms with van der Waals surface area (Å²) >= 11 is 0. The molecule has 1 aromatic heterocycles. The summed E-state index contributed by atoms with van der Waals surface area (Å²) in [7, 11) is 0. The summed E-state index contributed by atoms with van der Waals surface area (Å²) in [6.07, 6.45) is 0. The van der Waals surface area contributed by atoms with Gasteiger partial charge in [-0.1, -0.05) is 54.6 Å². The number of aromatic nitrogens is 1. The Balaban J connectivity index is 1.23. The lowest BCUT2D eigenvalue weighted by molar-refractivity contribution is 0.0984. The average molecular weight is 475 g/mol. The van der Waals surface area contributed by atoms with Crippen molar-refractivity contribution < 1.29 is 14.7 Å². The van der Waals surface area contributed by atoms with E-state index < -0.39 is 5.91 Å². The molecule has 0 saturated carbocycles. The highest BCUT2D eigenvalue weighted by molar-refractivity contribution is 6.24. The lowest BCUT2D eigenvalue weighted by atomic mass is 10.1. The average Bonchev–Trinajstić information content (AvgIpc) is 3.34. The fraction of sp³-hybridized carbons (Fsp3) is 0.103. The predicted octanol–water partition coefficient (Wildman–Crippen LogP) is 6.60. The second-order valence-corrected chi connectivity index (χ2v) is 8.71. The number of benzene rings is 4. The molecule has 0 spiro atoms. The number of azo groups is 1. The molecule has 0 radical (unpaired) electrons. The van der Waals surface area contributed by atoms with E-state index in [1.807, 2.05) is 79.7 Å². The summed E-state index contributed by atoms with van der Waals surface area (Å²) in [5.41, 5.74) is 3.98. The van der Waals surface area contributed by atoms with Crippen molar-refractivity contribution in [1.82, 2.24) is 4.57 Å². The number of carbonyl (C=O) groups excluding carboxylic acids is 2. The summed E-state index contributed by atoms with van der Waals surface area (Å²) in [6, 6.07) is 26.2. The van der Waals surface area contributed by atoms with Crippen LogP contribution in [0.1, 0.15) is 33.2 Å². The highest BCUT2D eigenvalue weighted by Crippen LogP contribution is 2.39. The molecular formula is C29H22N4O3. The van der Waals surface area contributed by atoms with Gasteiger partial charge in [0, 0.05) is 28.4 Å². The third-order valence-electron chi connectivity index (χ3n) is 6.67. The van der Waals surface area contributed by atoms with Crippen LogP contribution in [0.3, 0.4) is 0 Å². The first kappa shape index (κ1) is 21.7. The van der Waals surface area contributed by atoms with Crippen LogP contribution in [0.4, 0.5) is 11.4 Å². The van der Waals surface area contributed by atoms with Crippen molar-refractivity contribution in [3.05, 3.63) is 102 Å². The molecular weight excluding hydrogens is 452 g/mol. The first-order valence-corrected chi connectivity index (χ1v) is 11.8. The van der Waals surface area contributed by atoms with E-state index in [9.17, 15) is 14.7 Å². The number of carbonyl (C=O) groups is 2. The van der Waals surface area contributed by atoms with Crippen molar-refractivity contribution in [2.45, 2.75) is 20.0 Å². The van der Waals surface area contributed by atoms with Crippen LogP contribution < -0.4 is 4.90 Å². The molecule has 1 aliphatic rings. The number of aromatic hydroxyl groups is 1. The molecule has 0 aliphatic carbocycles. The summed E-state index contributed by atoms with van der Waals surface area (Å²) in [4.78, 5) is 27.5. The van der Waals surface area contributed by atoms with Crippen LogP contribution in [0.15, 0.2) is 95.2 Å². The molecule has 4 aromatic carbocycles. The Hall–Kier alpha value is -4.78. The minimum Gasteiger partial charge on any atom is -0.493 e. The van der Waals surface area contributed by atoms with E-state index in [2.05, 4.69) is 10.2 Å². The zero-order valence-electron chi connectivity index (χ0n) is 19.5. The normalized spacial score (nSPS) is 12.9. The topological polar surface area (TPSA) is 87.3 Å². The molecule has 0 saturated heterocycles. The Morgan fingerprint density at radius 2 is 1.67 bits per heavy atom. The first-order valence-electron chi connectivity index (χ1n) is 11.8. The van der Waals surface area contributed by atoms with Crippen molar-refractivity contribution in [3.63, 3.8) is 0 Å². The van der Waals surface area contributed by atoms with Gasteiger partial charge < -0.3 is 14.6 Å². The Labute approximate surface area is 206 Å². The monoisotopic (exact) mass is 474 g/mol. The van der Waals surface area contributed by atoms with Crippen LogP contribution >= 0.6 is 0 Å². The number of rotatable bonds is 5. The quantitative estimate of drug-likeness (QED) is 0.291. The van der Waals surface area contributed by atoms with Gasteiger partial charge in [-0.25, -0.2) is 0 Å². The van der Waals surface area contributed by atoms with E-state index in [1.165, 1.54) is 0 Å². The van der Waals surface area contributed by atoms with Crippen LogP contribution in [0.2, 0.25) is 0 Å². The molecule has 2 heterocycles. The van der Waals surface area contributed by atoms with Gasteiger partial charge >= 0.3 is 0 Å². The van der Waals surface area contributed by atoms with E-state index in [-0.39, 0.29) is 17.5 Å². The van der Waals surface area contributed by atoms with E-state index in [0.29, 0.717) is 24.2 Å². The summed E-state index contributed by atoms with van der Waals surface area (Å²) < 4.78 is 1.72. The maximum Gasteiger partial charge on any atom is 0.295 e. The fourth-order valence-corrected chi connectivity index (χ4v) is 4.91. The third-order valence-corrected chi connectivity index (χ3v) is 6.67. The van der Waals surface area contributed by atoms with E-state index in [4.69, 9.17) is 0 Å². The number of hydrogen-bond donors (Lipinski definition) is 1. The van der Waals surface area contributed by atoms with E-state index in [0.717, 1.165) is 32.9 Å². The van der Waals surface area contributed by atoms with Crippen LogP contribution in [0.5, 0.6) is 5.88 Å². The minimum absolute atomic E-state index is 0.0168. The van der Waals surface area contributed by atoms with Crippen molar-refractivity contribution in [1.29, 1.82) is 0 Å². The molecule has 0 unspecified atom stereocenters. The molecule has 7 heteroatoms. The molecule has 7 nitrogen and oxygen atoms in total. The van der Waals surface area contributed by atoms with E-state index >= 15 is 0 Å². The molecule has 1 N–H and O–H groups in total. The highest BCUT2D eigenvalue weighted by Gasteiger charge is 2.29. The number of anilines is 1. The van der Waals surface area contributed by atoms with Gasteiger partial charge in [-0.15, -0.1) is 10.2 Å². The SMILES string of the molecule is CCn1c(O)c(N=NC(=O)c2ccc(CN3C(=O)c4cccc5cccc3c45)cc2)c2ccccc21. The standard InChI is InChI=1S/C29H22N4O3/c1-2-32-23-11-4-3-9-21(23)26(29(32)36)30-31-27(34)20-15-13-18(14-16-20)17-33-24-12-6-8-19-7-5-10-22(25(19)24)28(33)35/h3-16,36H,2,17H2,1H3. The van der Waals surface area contributed by atoms with Crippen LogP contribution in [0.25, 0.3) is 21.7 Å². The Bertz CT molecular complexity index is 1690. The predicted molar refractivity (Wildman–Crippen MR) is 139 cm³/mol. The van der Waals surface area contributed by atoms with Gasteiger partial charge in [-0.3, -0.25) is 9.59 Å². The number of para-hydroxylation sites is 1. The van der Waals surface area contributed by atoms with Crippen molar-refractivity contribution in [2.75, 3.05) is 4.90 Å². The van der Waals surface area contributed by atoms with Gasteiger partial charge in [-0.2, -0.15) is 0 Å². The number of amides is 2. The number of fused-ring (bicyclic) bond motifs is 1. The fourth-order valence-electron chi connectivity index (χ4n) is 4.91. The van der Waals surface area contributed by atoms with Crippen molar-refractivity contribution >= 4 is 44.9 Å². The number of aryl methyl sites for hydroxylation is 1. The molecule has 0 atom stereocenters. The third kappa shape index (κ3) is 3.36.